The zero-order valence-corrected chi connectivity index (χ0v) is 15.9. The monoisotopic (exact) mass is 416 g/mol. The Balaban J connectivity index is 1.56. The van der Waals surface area contributed by atoms with E-state index in [4.69, 9.17) is 9.15 Å². The summed E-state index contributed by atoms with van der Waals surface area (Å²) >= 11 is 3.40. The number of aromatic nitrogens is 1. The molecule has 3 rings (SSSR count). The summed E-state index contributed by atoms with van der Waals surface area (Å²) in [4.78, 5) is 18.0. The van der Waals surface area contributed by atoms with Crippen molar-refractivity contribution < 1.29 is 13.9 Å². The number of fused-ring (bicyclic) bond motifs is 1. The Morgan fingerprint density at radius 1 is 1.38 bits per heavy atom. The molecule has 26 heavy (non-hydrogen) atoms. The maximum atomic E-state index is 11.9. The number of ether oxygens (including phenoxy) is 1. The van der Waals surface area contributed by atoms with Crippen molar-refractivity contribution in [2.75, 3.05) is 25.6 Å². The van der Waals surface area contributed by atoms with E-state index in [1.807, 2.05) is 43.3 Å². The number of nitrogens with zero attached hydrogens (tertiary/aromatic N) is 3. The van der Waals surface area contributed by atoms with Crippen molar-refractivity contribution in [1.82, 2.24) is 10.4 Å². The number of para-hydroxylation sites is 1. The third-order valence-electron chi connectivity index (χ3n) is 3.43. The van der Waals surface area contributed by atoms with Crippen molar-refractivity contribution in [2.45, 2.75) is 0 Å². The SMILES string of the molecule is CN(C)c1oc(/C=N\NC(=O)COc2cccc3cccnc23)cc1Br. The van der Waals surface area contributed by atoms with Crippen LogP contribution in [0.15, 0.2) is 56.6 Å². The first-order valence-corrected chi connectivity index (χ1v) is 8.59. The summed E-state index contributed by atoms with van der Waals surface area (Å²) in [6.07, 6.45) is 3.11. The first-order chi connectivity index (χ1) is 12.5. The summed E-state index contributed by atoms with van der Waals surface area (Å²) in [6.45, 7) is -0.169. The highest BCUT2D eigenvalue weighted by molar-refractivity contribution is 9.10. The zero-order valence-electron chi connectivity index (χ0n) is 14.3. The molecule has 0 aliphatic rings. The Bertz CT molecular complexity index is 947. The topological polar surface area (TPSA) is 80.0 Å². The Hall–Kier alpha value is -2.87. The van der Waals surface area contributed by atoms with Gasteiger partial charge in [-0.3, -0.25) is 9.78 Å². The van der Waals surface area contributed by atoms with Crippen molar-refractivity contribution >= 4 is 44.8 Å². The van der Waals surface area contributed by atoms with Crippen LogP contribution in [0.5, 0.6) is 5.75 Å². The van der Waals surface area contributed by atoms with E-state index in [9.17, 15) is 4.79 Å². The Labute approximate surface area is 158 Å². The van der Waals surface area contributed by atoms with Crippen molar-refractivity contribution in [1.29, 1.82) is 0 Å². The molecular formula is C18H17BrN4O3. The van der Waals surface area contributed by atoms with Gasteiger partial charge in [0.15, 0.2) is 12.4 Å². The molecule has 0 aliphatic carbocycles. The van der Waals surface area contributed by atoms with Crippen LogP contribution in [0.25, 0.3) is 10.9 Å². The lowest BCUT2D eigenvalue weighted by molar-refractivity contribution is -0.123. The van der Waals surface area contributed by atoms with Gasteiger partial charge < -0.3 is 14.1 Å². The van der Waals surface area contributed by atoms with Crippen LogP contribution in [0.2, 0.25) is 0 Å². The van der Waals surface area contributed by atoms with Crippen LogP contribution in [-0.2, 0) is 4.79 Å². The van der Waals surface area contributed by atoms with Crippen LogP contribution in [-0.4, -0.2) is 37.8 Å². The second-order valence-corrected chi connectivity index (χ2v) is 6.46. The summed E-state index contributed by atoms with van der Waals surface area (Å²) in [5.74, 6) is 1.35. The van der Waals surface area contributed by atoms with Gasteiger partial charge in [-0.15, -0.1) is 0 Å². The maximum absolute atomic E-state index is 11.9. The van der Waals surface area contributed by atoms with E-state index in [2.05, 4.69) is 31.4 Å². The number of halogens is 1. The molecule has 2 aromatic heterocycles. The fourth-order valence-corrected chi connectivity index (χ4v) is 2.94. The molecule has 0 aliphatic heterocycles. The standard InChI is InChI=1S/C18H17BrN4O3/c1-23(2)18-14(19)9-13(26-18)10-21-22-16(24)11-25-15-7-3-5-12-6-4-8-20-17(12)15/h3-10H,11H2,1-2H3,(H,22,24)/b21-10-. The summed E-state index contributed by atoms with van der Waals surface area (Å²) < 4.78 is 11.9. The number of hydrogen-bond acceptors (Lipinski definition) is 6. The predicted molar refractivity (Wildman–Crippen MR) is 104 cm³/mol. The van der Waals surface area contributed by atoms with Gasteiger partial charge in [-0.25, -0.2) is 5.43 Å². The second-order valence-electron chi connectivity index (χ2n) is 5.61. The quantitative estimate of drug-likeness (QED) is 0.492. The molecule has 3 aromatic rings. The number of benzene rings is 1. The lowest BCUT2D eigenvalue weighted by atomic mass is 10.2. The average molecular weight is 417 g/mol. The lowest BCUT2D eigenvalue weighted by Gasteiger charge is -2.07. The number of carbonyl (C=O) groups is 1. The van der Waals surface area contributed by atoms with E-state index in [1.165, 1.54) is 6.21 Å². The Kier molecular flexibility index (Phi) is 5.52. The smallest absolute Gasteiger partial charge is 0.277 e. The van der Waals surface area contributed by atoms with Crippen LogP contribution in [0.3, 0.4) is 0 Å². The fraction of sp³-hybridized carbons (Fsp3) is 0.167. The number of hydrazone groups is 1. The number of hydrogen-bond donors (Lipinski definition) is 1. The van der Waals surface area contributed by atoms with Crippen LogP contribution in [0.4, 0.5) is 5.88 Å². The van der Waals surface area contributed by atoms with Gasteiger partial charge in [0, 0.05) is 31.7 Å². The van der Waals surface area contributed by atoms with E-state index >= 15 is 0 Å². The maximum Gasteiger partial charge on any atom is 0.277 e. The van der Waals surface area contributed by atoms with Gasteiger partial charge in [-0.1, -0.05) is 18.2 Å². The van der Waals surface area contributed by atoms with Gasteiger partial charge in [0.25, 0.3) is 5.91 Å². The van der Waals surface area contributed by atoms with Crippen molar-refractivity contribution in [3.05, 3.63) is 52.8 Å². The summed E-state index contributed by atoms with van der Waals surface area (Å²) in [7, 11) is 3.73. The summed E-state index contributed by atoms with van der Waals surface area (Å²) in [5, 5.41) is 4.82. The van der Waals surface area contributed by atoms with E-state index in [1.54, 1.807) is 18.3 Å². The molecule has 1 amide bonds. The molecule has 134 valence electrons. The molecule has 8 heteroatoms. The molecule has 0 radical (unpaired) electrons. The molecule has 7 nitrogen and oxygen atoms in total. The largest absolute Gasteiger partial charge is 0.481 e. The van der Waals surface area contributed by atoms with Crippen molar-refractivity contribution in [3.8, 4) is 5.75 Å². The molecule has 1 aromatic carbocycles. The Morgan fingerprint density at radius 3 is 2.96 bits per heavy atom. The molecule has 1 N–H and O–H groups in total. The minimum absolute atomic E-state index is 0.169. The van der Waals surface area contributed by atoms with Crippen LogP contribution in [0, 0.1) is 0 Å². The number of carbonyl (C=O) groups excluding carboxylic acids is 1. The average Bonchev–Trinajstić information content (AvgIpc) is 3.01. The van der Waals surface area contributed by atoms with Gasteiger partial charge in [-0.05, 0) is 28.1 Å². The second kappa shape index (κ2) is 8.01. The van der Waals surface area contributed by atoms with Crippen LogP contribution < -0.4 is 15.1 Å². The number of rotatable bonds is 6. The zero-order chi connectivity index (χ0) is 18.5. The van der Waals surface area contributed by atoms with Gasteiger partial charge >= 0.3 is 0 Å². The molecule has 2 heterocycles. The number of furan rings is 1. The van der Waals surface area contributed by atoms with Gasteiger partial charge in [0.2, 0.25) is 5.88 Å². The highest BCUT2D eigenvalue weighted by atomic mass is 79.9. The lowest BCUT2D eigenvalue weighted by Crippen LogP contribution is -2.24. The Morgan fingerprint density at radius 2 is 2.19 bits per heavy atom. The first kappa shape index (κ1) is 17.9. The van der Waals surface area contributed by atoms with Gasteiger partial charge in [0.1, 0.15) is 11.3 Å². The van der Waals surface area contributed by atoms with Crippen LogP contribution in [0.1, 0.15) is 5.76 Å². The molecule has 0 saturated heterocycles. The number of amides is 1. The molecule has 0 atom stereocenters. The fourth-order valence-electron chi connectivity index (χ4n) is 2.28. The molecule has 0 bridgehead atoms. The van der Waals surface area contributed by atoms with Gasteiger partial charge in [-0.2, -0.15) is 5.10 Å². The third kappa shape index (κ3) is 4.20. The molecular weight excluding hydrogens is 400 g/mol. The van der Waals surface area contributed by atoms with Crippen molar-refractivity contribution in [2.24, 2.45) is 5.10 Å². The number of anilines is 1. The van der Waals surface area contributed by atoms with E-state index in [0.717, 1.165) is 9.86 Å². The third-order valence-corrected chi connectivity index (χ3v) is 4.00. The van der Waals surface area contributed by atoms with Crippen LogP contribution >= 0.6 is 15.9 Å². The number of pyridine rings is 1. The van der Waals surface area contributed by atoms with E-state index in [0.29, 0.717) is 22.9 Å². The normalized spacial score (nSPS) is 11.0. The minimum Gasteiger partial charge on any atom is -0.481 e. The number of nitrogens with one attached hydrogen (secondary N) is 1. The van der Waals surface area contributed by atoms with E-state index < -0.39 is 0 Å². The summed E-state index contributed by atoms with van der Waals surface area (Å²) in [6, 6.07) is 11.1. The highest BCUT2D eigenvalue weighted by Gasteiger charge is 2.09. The van der Waals surface area contributed by atoms with E-state index in [-0.39, 0.29) is 12.5 Å². The summed E-state index contributed by atoms with van der Waals surface area (Å²) in [5.41, 5.74) is 3.11. The van der Waals surface area contributed by atoms with Crippen molar-refractivity contribution in [3.63, 3.8) is 0 Å². The first-order valence-electron chi connectivity index (χ1n) is 7.79. The van der Waals surface area contributed by atoms with Gasteiger partial charge in [0.05, 0.1) is 10.7 Å². The molecule has 0 spiro atoms. The minimum atomic E-state index is -0.382. The molecule has 0 fully saturated rings. The predicted octanol–water partition coefficient (Wildman–Crippen LogP) is 3.19. The molecule has 0 unspecified atom stereocenters. The highest BCUT2D eigenvalue weighted by Crippen LogP contribution is 2.27. The molecule has 0 saturated carbocycles.